The minimum atomic E-state index is -2.31. The molecule has 0 aromatic carbocycles. The quantitative estimate of drug-likeness (QED) is 0.152. The molecule has 0 unspecified atom stereocenters. The van der Waals surface area contributed by atoms with Crippen molar-refractivity contribution in [1.29, 1.82) is 0 Å². The molecule has 2 heterocycles. The second-order valence-electron chi connectivity index (χ2n) is 5.95. The number of carbonyl (C=O) groups is 1. The molecule has 0 amide bonds. The third-order valence-electron chi connectivity index (χ3n) is 4.26. The third kappa shape index (κ3) is 5.08. The van der Waals surface area contributed by atoms with Crippen molar-refractivity contribution in [2.45, 2.75) is 54.8 Å². The number of aliphatic hydroxyl groups excluding tert-OH is 7. The molecule has 2 saturated heterocycles. The topological polar surface area (TPSA) is 216 Å². The van der Waals surface area contributed by atoms with Crippen LogP contribution in [0.25, 0.3) is 0 Å². The summed E-state index contributed by atoms with van der Waals surface area (Å²) in [5.74, 6) is -2.31. The van der Waals surface area contributed by atoms with E-state index in [0.29, 0.717) is 0 Å². The van der Waals surface area contributed by atoms with E-state index in [4.69, 9.17) is 24.4 Å². The Morgan fingerprint density at radius 1 is 0.963 bits per heavy atom. The summed E-state index contributed by atoms with van der Waals surface area (Å²) in [5.41, 5.74) is 0. The standard InChI is InChI=1S/C13H22O13.Na.H/c14-1-4-7(17)10(20)13(3-15,25-4)26-11-9(19)8(18)6(16)5(24-11)2-23-12(21)22;;/h4-11,14-20H,1-3H2,(H,21,22);;/t4-,5-,6-,7-,8+,9-,10+,11-,13+;;/m1../s1. The monoisotopic (exact) mass is 410 g/mol. The van der Waals surface area contributed by atoms with Crippen LogP contribution in [0.15, 0.2) is 0 Å². The van der Waals surface area contributed by atoms with Crippen molar-refractivity contribution < 1.29 is 64.6 Å². The molecule has 9 atom stereocenters. The average molecular weight is 410 g/mol. The fourth-order valence-electron chi connectivity index (χ4n) is 2.77. The molecule has 0 spiro atoms. The van der Waals surface area contributed by atoms with E-state index in [0.717, 1.165) is 0 Å². The SMILES string of the molecule is O=C(O)OC[C@H]1O[C@H](O[C@]2(CO)O[C@H](CO)[C@@H](O)[C@@H]2O)[C@H](O)[C@@H](O)[C@@H]1O.[NaH]. The van der Waals surface area contributed by atoms with Gasteiger partial charge in [0.2, 0.25) is 5.79 Å². The van der Waals surface area contributed by atoms with Gasteiger partial charge in [-0.15, -0.1) is 0 Å². The van der Waals surface area contributed by atoms with Crippen molar-refractivity contribution in [3.63, 3.8) is 0 Å². The molecule has 2 rings (SSSR count). The summed E-state index contributed by atoms with van der Waals surface area (Å²) < 4.78 is 19.8. The summed E-state index contributed by atoms with van der Waals surface area (Å²) in [4.78, 5) is 10.5. The summed E-state index contributed by atoms with van der Waals surface area (Å²) >= 11 is 0. The van der Waals surface area contributed by atoms with Crippen LogP contribution >= 0.6 is 0 Å². The number of ether oxygens (including phenoxy) is 4. The molecule has 0 aliphatic carbocycles. The van der Waals surface area contributed by atoms with Gasteiger partial charge in [0.1, 0.15) is 55.9 Å². The van der Waals surface area contributed by atoms with Gasteiger partial charge in [-0.25, -0.2) is 4.79 Å². The Kier molecular flexibility index (Phi) is 9.29. The molecule has 0 bridgehead atoms. The number of rotatable bonds is 6. The van der Waals surface area contributed by atoms with Gasteiger partial charge in [0.05, 0.1) is 6.61 Å². The Hall–Kier alpha value is -0.130. The fraction of sp³-hybridized carbons (Fsp3) is 0.923. The summed E-state index contributed by atoms with van der Waals surface area (Å²) in [6.07, 6.45) is -15.1. The molecular weight excluding hydrogens is 387 g/mol. The zero-order valence-corrected chi connectivity index (χ0v) is 13.4. The molecule has 27 heavy (non-hydrogen) atoms. The van der Waals surface area contributed by atoms with E-state index in [1.54, 1.807) is 0 Å². The second-order valence-corrected chi connectivity index (χ2v) is 5.95. The molecule has 0 saturated carbocycles. The zero-order valence-electron chi connectivity index (χ0n) is 13.4. The molecule has 13 nitrogen and oxygen atoms in total. The van der Waals surface area contributed by atoms with Crippen molar-refractivity contribution in [2.24, 2.45) is 0 Å². The van der Waals surface area contributed by atoms with Crippen molar-refractivity contribution in [1.82, 2.24) is 0 Å². The van der Waals surface area contributed by atoms with Gasteiger partial charge in [-0.3, -0.25) is 0 Å². The number of aliphatic hydroxyl groups is 7. The van der Waals surface area contributed by atoms with Crippen LogP contribution in [0.1, 0.15) is 0 Å². The van der Waals surface area contributed by atoms with Crippen LogP contribution in [0.2, 0.25) is 0 Å². The van der Waals surface area contributed by atoms with E-state index in [9.17, 15) is 35.4 Å². The van der Waals surface area contributed by atoms with Crippen LogP contribution in [0.4, 0.5) is 4.79 Å². The molecule has 2 aliphatic heterocycles. The first-order valence-electron chi connectivity index (χ1n) is 7.65. The van der Waals surface area contributed by atoms with Crippen molar-refractivity contribution >= 4 is 35.7 Å². The van der Waals surface area contributed by atoms with Gasteiger partial charge < -0.3 is 59.8 Å². The summed E-state index contributed by atoms with van der Waals surface area (Å²) in [6, 6.07) is 0. The van der Waals surface area contributed by atoms with Crippen molar-refractivity contribution in [2.75, 3.05) is 19.8 Å². The van der Waals surface area contributed by atoms with Crippen LogP contribution in [0.5, 0.6) is 0 Å². The van der Waals surface area contributed by atoms with Crippen LogP contribution in [-0.4, -0.2) is 151 Å². The van der Waals surface area contributed by atoms with E-state index in [1.165, 1.54) is 0 Å². The van der Waals surface area contributed by atoms with Crippen LogP contribution in [-0.2, 0) is 18.9 Å². The summed E-state index contributed by atoms with van der Waals surface area (Å²) in [7, 11) is 0. The Morgan fingerprint density at radius 3 is 2.07 bits per heavy atom. The van der Waals surface area contributed by atoms with Gasteiger partial charge in [0.25, 0.3) is 0 Å². The van der Waals surface area contributed by atoms with Gasteiger partial charge in [-0.2, -0.15) is 0 Å². The maximum atomic E-state index is 10.5. The average Bonchev–Trinajstić information content (AvgIpc) is 2.86. The van der Waals surface area contributed by atoms with E-state index in [2.05, 4.69) is 4.74 Å². The van der Waals surface area contributed by atoms with E-state index in [-0.39, 0.29) is 29.6 Å². The van der Waals surface area contributed by atoms with Gasteiger partial charge in [0.15, 0.2) is 6.29 Å². The summed E-state index contributed by atoms with van der Waals surface area (Å²) in [6.45, 7) is -2.45. The van der Waals surface area contributed by atoms with Gasteiger partial charge in [-0.1, -0.05) is 0 Å². The van der Waals surface area contributed by atoms with Crippen molar-refractivity contribution in [3.8, 4) is 0 Å². The van der Waals surface area contributed by atoms with Gasteiger partial charge >= 0.3 is 35.7 Å². The predicted octanol–water partition coefficient (Wildman–Crippen LogP) is -5.34. The van der Waals surface area contributed by atoms with E-state index >= 15 is 0 Å². The Bertz CT molecular complexity index is 495. The first-order valence-corrected chi connectivity index (χ1v) is 7.65. The molecular formula is C13H23NaO13. The number of carboxylic acid groups (broad SMARTS) is 1. The number of hydrogen-bond acceptors (Lipinski definition) is 12. The normalized spacial score (nSPS) is 44.6. The van der Waals surface area contributed by atoms with Crippen LogP contribution in [0, 0.1) is 0 Å². The fourth-order valence-corrected chi connectivity index (χ4v) is 2.77. The molecule has 2 fully saturated rings. The first kappa shape index (κ1) is 24.9. The Balaban J connectivity index is 0.00000364. The number of hydrogen-bond donors (Lipinski definition) is 8. The summed E-state index contributed by atoms with van der Waals surface area (Å²) in [5, 5.41) is 76.7. The van der Waals surface area contributed by atoms with E-state index in [1.807, 2.05) is 0 Å². The van der Waals surface area contributed by atoms with Crippen LogP contribution in [0.3, 0.4) is 0 Å². The molecule has 14 heteroatoms. The van der Waals surface area contributed by atoms with Crippen LogP contribution < -0.4 is 0 Å². The molecule has 2 aliphatic rings. The predicted molar refractivity (Wildman–Crippen MR) is 82.7 cm³/mol. The molecule has 0 aromatic heterocycles. The maximum absolute atomic E-state index is 10.5. The minimum absolute atomic E-state index is 0. The Labute approximate surface area is 174 Å². The van der Waals surface area contributed by atoms with E-state index < -0.39 is 80.8 Å². The third-order valence-corrected chi connectivity index (χ3v) is 4.26. The molecule has 154 valence electrons. The zero-order chi connectivity index (χ0) is 19.6. The molecule has 0 radical (unpaired) electrons. The van der Waals surface area contributed by atoms with Crippen molar-refractivity contribution in [3.05, 3.63) is 0 Å². The molecule has 8 N–H and O–H groups in total. The Morgan fingerprint density at radius 2 is 1.59 bits per heavy atom. The second kappa shape index (κ2) is 10.1. The van der Waals surface area contributed by atoms with Gasteiger partial charge in [0, 0.05) is 0 Å². The first-order chi connectivity index (χ1) is 12.2. The van der Waals surface area contributed by atoms with Gasteiger partial charge in [-0.05, 0) is 0 Å². The molecule has 0 aromatic rings.